The summed E-state index contributed by atoms with van der Waals surface area (Å²) in [5.41, 5.74) is 7.64. The first-order valence-electron chi connectivity index (χ1n) is 6.84. The normalized spacial score (nSPS) is 18.8. The fraction of sp³-hybridized carbons (Fsp3) is 0.571. The van der Waals surface area contributed by atoms with Crippen molar-refractivity contribution in [3.63, 3.8) is 0 Å². The highest BCUT2D eigenvalue weighted by molar-refractivity contribution is 7.89. The smallest absolute Gasteiger partial charge is 0.240 e. The second kappa shape index (κ2) is 5.71. The van der Waals surface area contributed by atoms with Crippen LogP contribution in [0.5, 0.6) is 5.75 Å². The van der Waals surface area contributed by atoms with Gasteiger partial charge in [0.05, 0.1) is 11.5 Å². The highest BCUT2D eigenvalue weighted by Crippen LogP contribution is 2.35. The lowest BCUT2D eigenvalue weighted by Gasteiger charge is -2.25. The van der Waals surface area contributed by atoms with Crippen molar-refractivity contribution in [1.29, 1.82) is 0 Å². The number of aryl methyl sites for hydroxylation is 1. The fourth-order valence-electron chi connectivity index (χ4n) is 2.20. The van der Waals surface area contributed by atoms with E-state index in [-0.39, 0.29) is 16.9 Å². The van der Waals surface area contributed by atoms with E-state index in [1.165, 1.54) is 0 Å². The van der Waals surface area contributed by atoms with Crippen molar-refractivity contribution in [3.8, 4) is 5.75 Å². The molecule has 0 aliphatic carbocycles. The van der Waals surface area contributed by atoms with E-state index in [0.717, 1.165) is 16.9 Å². The number of hydrogen-bond acceptors (Lipinski definition) is 4. The molecule has 20 heavy (non-hydrogen) atoms. The molecule has 5 nitrogen and oxygen atoms in total. The summed E-state index contributed by atoms with van der Waals surface area (Å²) in [5, 5.41) is 0. The molecule has 0 saturated heterocycles. The van der Waals surface area contributed by atoms with Crippen molar-refractivity contribution < 1.29 is 13.2 Å². The summed E-state index contributed by atoms with van der Waals surface area (Å²) in [5.74, 6) is 0.987. The molecule has 1 aliphatic rings. The summed E-state index contributed by atoms with van der Waals surface area (Å²) in [7, 11) is -3.50. The summed E-state index contributed by atoms with van der Waals surface area (Å²) in [6.45, 7) is 6.76. The molecule has 0 bridgehead atoms. The number of nitrogens with two attached hydrogens (primary N) is 1. The predicted molar refractivity (Wildman–Crippen MR) is 78.2 cm³/mol. The molecule has 0 amide bonds. The molecule has 0 aromatic heterocycles. The number of benzene rings is 1. The molecule has 6 heteroatoms. The van der Waals surface area contributed by atoms with Crippen molar-refractivity contribution in [3.05, 3.63) is 23.3 Å². The molecule has 1 heterocycles. The van der Waals surface area contributed by atoms with Crippen LogP contribution in [0.25, 0.3) is 0 Å². The van der Waals surface area contributed by atoms with Gasteiger partial charge in [-0.1, -0.05) is 13.8 Å². The molecular weight excluding hydrogens is 276 g/mol. The molecule has 1 aromatic rings. The second-order valence-electron chi connectivity index (χ2n) is 5.65. The molecule has 0 fully saturated rings. The highest BCUT2D eigenvalue weighted by atomic mass is 32.2. The number of ether oxygens (including phenoxy) is 1. The number of sulfonamides is 1. The largest absolute Gasteiger partial charge is 0.493 e. The SMILES string of the molecule is Cc1cc(S(=O)(=O)NCC(C)C)cc2c1OCCC2N. The number of fused-ring (bicyclic) bond motifs is 1. The maximum Gasteiger partial charge on any atom is 0.240 e. The summed E-state index contributed by atoms with van der Waals surface area (Å²) >= 11 is 0. The Labute approximate surface area is 120 Å². The van der Waals surface area contributed by atoms with E-state index in [1.54, 1.807) is 12.1 Å². The molecule has 1 unspecified atom stereocenters. The lowest BCUT2D eigenvalue weighted by molar-refractivity contribution is 0.266. The van der Waals surface area contributed by atoms with Gasteiger partial charge in [0.15, 0.2) is 0 Å². The van der Waals surface area contributed by atoms with Crippen LogP contribution >= 0.6 is 0 Å². The van der Waals surface area contributed by atoms with Crippen LogP contribution in [0.3, 0.4) is 0 Å². The standard InChI is InChI=1S/C14H22N2O3S/c1-9(2)8-16-20(17,18)11-6-10(3)14-12(7-11)13(15)4-5-19-14/h6-7,9,13,16H,4-5,8,15H2,1-3H3. The quantitative estimate of drug-likeness (QED) is 0.886. The fourth-order valence-corrected chi connectivity index (χ4v) is 3.53. The minimum absolute atomic E-state index is 0.169. The van der Waals surface area contributed by atoms with Crippen molar-refractivity contribution in [1.82, 2.24) is 4.72 Å². The second-order valence-corrected chi connectivity index (χ2v) is 7.41. The Bertz CT molecular complexity index is 597. The molecular formula is C14H22N2O3S. The Morgan fingerprint density at radius 1 is 1.45 bits per heavy atom. The first-order valence-corrected chi connectivity index (χ1v) is 8.32. The summed E-state index contributed by atoms with van der Waals surface area (Å²) in [4.78, 5) is 0.260. The third-order valence-corrected chi connectivity index (χ3v) is 4.75. The van der Waals surface area contributed by atoms with E-state index in [2.05, 4.69) is 4.72 Å². The molecule has 1 aromatic carbocycles. The lowest BCUT2D eigenvalue weighted by Crippen LogP contribution is -2.28. The molecule has 0 spiro atoms. The highest BCUT2D eigenvalue weighted by Gasteiger charge is 2.24. The molecule has 1 aliphatic heterocycles. The Balaban J connectivity index is 2.38. The minimum Gasteiger partial charge on any atom is -0.493 e. The van der Waals surface area contributed by atoms with Gasteiger partial charge in [0.2, 0.25) is 10.0 Å². The molecule has 2 rings (SSSR count). The van der Waals surface area contributed by atoms with E-state index in [1.807, 2.05) is 20.8 Å². The predicted octanol–water partition coefficient (Wildman–Crippen LogP) is 1.71. The monoisotopic (exact) mass is 298 g/mol. The Kier molecular flexibility index (Phi) is 4.36. The van der Waals surface area contributed by atoms with Crippen molar-refractivity contribution >= 4 is 10.0 Å². The molecule has 112 valence electrons. The van der Waals surface area contributed by atoms with Crippen molar-refractivity contribution in [2.45, 2.75) is 38.1 Å². The van der Waals surface area contributed by atoms with E-state index >= 15 is 0 Å². The van der Waals surface area contributed by atoms with E-state index in [9.17, 15) is 8.42 Å². The first kappa shape index (κ1) is 15.3. The zero-order valence-electron chi connectivity index (χ0n) is 12.1. The van der Waals surface area contributed by atoms with E-state index < -0.39 is 10.0 Å². The lowest BCUT2D eigenvalue weighted by atomic mass is 9.99. The maximum absolute atomic E-state index is 12.3. The molecule has 3 N–H and O–H groups in total. The zero-order valence-corrected chi connectivity index (χ0v) is 13.0. The van der Waals surface area contributed by atoms with Crippen molar-refractivity contribution in [2.24, 2.45) is 11.7 Å². The average molecular weight is 298 g/mol. The van der Waals surface area contributed by atoms with Crippen LogP contribution in [0.15, 0.2) is 17.0 Å². The summed E-state index contributed by atoms with van der Waals surface area (Å²) in [6.07, 6.45) is 0.704. The van der Waals surface area contributed by atoms with E-state index in [0.29, 0.717) is 19.6 Å². The average Bonchev–Trinajstić information content (AvgIpc) is 2.37. The van der Waals surface area contributed by atoms with Gasteiger partial charge in [0.25, 0.3) is 0 Å². The number of hydrogen-bond donors (Lipinski definition) is 2. The number of rotatable bonds is 4. The van der Waals surface area contributed by atoms with Crippen LogP contribution in [-0.4, -0.2) is 21.6 Å². The molecule has 0 radical (unpaired) electrons. The molecule has 0 saturated carbocycles. The van der Waals surface area contributed by atoms with Crippen LogP contribution in [0, 0.1) is 12.8 Å². The van der Waals surface area contributed by atoms with Gasteiger partial charge in [0.1, 0.15) is 5.75 Å². The summed E-state index contributed by atoms with van der Waals surface area (Å²) < 4.78 is 32.8. The van der Waals surface area contributed by atoms with Gasteiger partial charge < -0.3 is 10.5 Å². The Morgan fingerprint density at radius 2 is 2.15 bits per heavy atom. The van der Waals surface area contributed by atoms with Gasteiger partial charge in [-0.05, 0) is 30.5 Å². The van der Waals surface area contributed by atoms with Gasteiger partial charge in [-0.25, -0.2) is 13.1 Å². The topological polar surface area (TPSA) is 81.4 Å². The van der Waals surface area contributed by atoms with Gasteiger partial charge in [-0.2, -0.15) is 0 Å². The van der Waals surface area contributed by atoms with Crippen LogP contribution in [0.4, 0.5) is 0 Å². The van der Waals surface area contributed by atoms with Crippen molar-refractivity contribution in [2.75, 3.05) is 13.2 Å². The van der Waals surface area contributed by atoms with Gasteiger partial charge in [-0.15, -0.1) is 0 Å². The van der Waals surface area contributed by atoms with Crippen LogP contribution in [0.1, 0.15) is 37.4 Å². The van der Waals surface area contributed by atoms with E-state index in [4.69, 9.17) is 10.5 Å². The maximum atomic E-state index is 12.3. The third-order valence-electron chi connectivity index (χ3n) is 3.34. The van der Waals surface area contributed by atoms with Gasteiger partial charge in [0, 0.05) is 24.6 Å². The number of nitrogens with one attached hydrogen (secondary N) is 1. The Hall–Kier alpha value is -1.11. The first-order chi connectivity index (χ1) is 9.31. The van der Waals surface area contributed by atoms with Gasteiger partial charge >= 0.3 is 0 Å². The minimum atomic E-state index is -3.50. The van der Waals surface area contributed by atoms with Crippen LogP contribution in [0.2, 0.25) is 0 Å². The third kappa shape index (κ3) is 3.13. The van der Waals surface area contributed by atoms with Crippen LogP contribution < -0.4 is 15.2 Å². The van der Waals surface area contributed by atoms with Gasteiger partial charge in [-0.3, -0.25) is 0 Å². The zero-order chi connectivity index (χ0) is 14.9. The van der Waals surface area contributed by atoms with Crippen LogP contribution in [-0.2, 0) is 10.0 Å². The Morgan fingerprint density at radius 3 is 2.80 bits per heavy atom. The molecule has 1 atom stereocenters. The summed E-state index contributed by atoms with van der Waals surface area (Å²) in [6, 6.07) is 3.10.